The van der Waals surface area contributed by atoms with Crippen LogP contribution in [0.3, 0.4) is 0 Å². The fourth-order valence-electron chi connectivity index (χ4n) is 4.32. The van der Waals surface area contributed by atoms with E-state index < -0.39 is 18.0 Å². The summed E-state index contributed by atoms with van der Waals surface area (Å²) in [5, 5.41) is 14.6. The number of carboxylic acid groups (broad SMARTS) is 1. The Morgan fingerprint density at radius 2 is 1.61 bits per heavy atom. The zero-order chi connectivity index (χ0) is 23.8. The molecule has 0 radical (unpaired) electrons. The van der Waals surface area contributed by atoms with Crippen LogP contribution >= 0.6 is 0 Å². The number of benzene rings is 2. The molecule has 2 amide bonds. The fourth-order valence-corrected chi connectivity index (χ4v) is 4.32. The van der Waals surface area contributed by atoms with E-state index in [4.69, 9.17) is 9.84 Å². The maximum atomic E-state index is 12.5. The molecule has 0 aliphatic heterocycles. The van der Waals surface area contributed by atoms with E-state index in [-0.39, 0.29) is 37.4 Å². The average molecular weight is 453 g/mol. The predicted molar refractivity (Wildman–Crippen MR) is 126 cm³/mol. The number of carbonyl (C=O) groups excluding carboxylic acids is 2. The van der Waals surface area contributed by atoms with Gasteiger partial charge in [0.2, 0.25) is 5.91 Å². The third-order valence-corrected chi connectivity index (χ3v) is 6.12. The molecule has 0 saturated carbocycles. The summed E-state index contributed by atoms with van der Waals surface area (Å²) in [6.45, 7) is 4.03. The first-order valence-electron chi connectivity index (χ1n) is 11.6. The molecule has 1 unspecified atom stereocenters. The number of ether oxygens (including phenoxy) is 1. The Morgan fingerprint density at radius 1 is 1.00 bits per heavy atom. The summed E-state index contributed by atoms with van der Waals surface area (Å²) in [6.07, 6.45) is 1.36. The number of aliphatic carboxylic acids is 1. The van der Waals surface area contributed by atoms with Gasteiger partial charge in [0, 0.05) is 24.9 Å². The molecular formula is C26H32N2O5. The second-order valence-corrected chi connectivity index (χ2v) is 8.41. The number of rotatable bonds is 11. The molecule has 3 rings (SSSR count). The number of alkyl carbamates (subject to hydrolysis) is 1. The summed E-state index contributed by atoms with van der Waals surface area (Å²) in [5.74, 6) is -1.86. The molecule has 2 atom stereocenters. The van der Waals surface area contributed by atoms with Crippen LogP contribution in [0.5, 0.6) is 0 Å². The zero-order valence-electron chi connectivity index (χ0n) is 19.2. The van der Waals surface area contributed by atoms with E-state index in [1.807, 2.05) is 31.2 Å². The minimum Gasteiger partial charge on any atom is -0.481 e. The van der Waals surface area contributed by atoms with Gasteiger partial charge < -0.3 is 20.5 Å². The van der Waals surface area contributed by atoms with Gasteiger partial charge in [0.15, 0.2) is 0 Å². The van der Waals surface area contributed by atoms with E-state index in [0.29, 0.717) is 12.8 Å². The lowest BCUT2D eigenvalue weighted by molar-refractivity contribution is -0.141. The van der Waals surface area contributed by atoms with Crippen LogP contribution in [0.1, 0.15) is 56.6 Å². The number of carboxylic acids is 1. The molecule has 0 aromatic heterocycles. The molecule has 176 valence electrons. The second-order valence-electron chi connectivity index (χ2n) is 8.41. The molecule has 7 nitrogen and oxygen atoms in total. The van der Waals surface area contributed by atoms with Crippen LogP contribution in [0, 0.1) is 5.92 Å². The predicted octanol–water partition coefficient (Wildman–Crippen LogP) is 4.31. The molecule has 0 fully saturated rings. The first-order chi connectivity index (χ1) is 15.9. The topological polar surface area (TPSA) is 105 Å². The molecule has 2 aromatic rings. The third kappa shape index (κ3) is 6.12. The van der Waals surface area contributed by atoms with Crippen molar-refractivity contribution in [2.75, 3.05) is 13.2 Å². The number of hydrogen-bond donors (Lipinski definition) is 3. The molecule has 1 aliphatic rings. The number of hydrogen-bond acceptors (Lipinski definition) is 4. The van der Waals surface area contributed by atoms with E-state index in [9.17, 15) is 14.4 Å². The zero-order valence-corrected chi connectivity index (χ0v) is 19.2. The van der Waals surface area contributed by atoms with Crippen LogP contribution in [0.2, 0.25) is 0 Å². The van der Waals surface area contributed by atoms with E-state index in [2.05, 4.69) is 34.9 Å². The molecule has 33 heavy (non-hydrogen) atoms. The summed E-state index contributed by atoms with van der Waals surface area (Å²) >= 11 is 0. The van der Waals surface area contributed by atoms with Crippen molar-refractivity contribution in [3.8, 4) is 11.1 Å². The normalized spacial score (nSPS) is 14.0. The molecule has 2 aromatic carbocycles. The summed E-state index contributed by atoms with van der Waals surface area (Å²) in [5.41, 5.74) is 4.60. The Bertz CT molecular complexity index is 945. The van der Waals surface area contributed by atoms with Crippen molar-refractivity contribution in [1.29, 1.82) is 0 Å². The minimum absolute atomic E-state index is 0.0296. The monoisotopic (exact) mass is 452 g/mol. The molecule has 3 N–H and O–H groups in total. The smallest absolute Gasteiger partial charge is 0.407 e. The SMILES string of the molecule is CCC[C@@H](CC(=O)NCC(CC)C(=O)O)NC(=O)OCC1c2ccccc2-c2ccccc21. The van der Waals surface area contributed by atoms with Gasteiger partial charge in [-0.3, -0.25) is 9.59 Å². The van der Waals surface area contributed by atoms with Crippen molar-refractivity contribution in [3.63, 3.8) is 0 Å². The van der Waals surface area contributed by atoms with Gasteiger partial charge in [-0.25, -0.2) is 4.79 Å². The second kappa shape index (κ2) is 11.5. The Balaban J connectivity index is 1.55. The van der Waals surface area contributed by atoms with Crippen LogP contribution in [-0.2, 0) is 14.3 Å². The van der Waals surface area contributed by atoms with E-state index in [1.165, 1.54) is 0 Å². The number of carbonyl (C=O) groups is 3. The van der Waals surface area contributed by atoms with Gasteiger partial charge in [-0.2, -0.15) is 0 Å². The average Bonchev–Trinajstić information content (AvgIpc) is 3.12. The molecule has 0 saturated heterocycles. The van der Waals surface area contributed by atoms with Gasteiger partial charge >= 0.3 is 12.1 Å². The highest BCUT2D eigenvalue weighted by Gasteiger charge is 2.29. The standard InChI is InChI=1S/C26H32N2O5/c1-3-9-18(14-24(29)27-15-17(4-2)25(30)31)28-26(32)33-16-23-21-12-7-5-10-19(21)20-11-6-8-13-22(20)23/h5-8,10-13,17-18,23H,3-4,9,14-16H2,1-2H3,(H,27,29)(H,28,32)(H,30,31)/t17?,18-/m0/s1. The van der Waals surface area contributed by atoms with Crippen molar-refractivity contribution < 1.29 is 24.2 Å². The molecule has 7 heteroatoms. The van der Waals surface area contributed by atoms with Gasteiger partial charge in [-0.15, -0.1) is 0 Å². The van der Waals surface area contributed by atoms with Crippen molar-refractivity contribution in [2.45, 2.75) is 51.5 Å². The summed E-state index contributed by atoms with van der Waals surface area (Å²) in [7, 11) is 0. The summed E-state index contributed by atoms with van der Waals surface area (Å²) < 4.78 is 5.59. The summed E-state index contributed by atoms with van der Waals surface area (Å²) in [4.78, 5) is 36.0. The van der Waals surface area contributed by atoms with Crippen molar-refractivity contribution in [3.05, 3.63) is 59.7 Å². The third-order valence-electron chi connectivity index (χ3n) is 6.12. The highest BCUT2D eigenvalue weighted by Crippen LogP contribution is 2.44. The lowest BCUT2D eigenvalue weighted by Crippen LogP contribution is -2.41. The lowest BCUT2D eigenvalue weighted by atomic mass is 9.98. The Kier molecular flexibility index (Phi) is 8.46. The van der Waals surface area contributed by atoms with Gasteiger partial charge in [0.1, 0.15) is 6.61 Å². The first kappa shape index (κ1) is 24.3. The van der Waals surface area contributed by atoms with E-state index >= 15 is 0 Å². The molecule has 1 aliphatic carbocycles. The molecular weight excluding hydrogens is 420 g/mol. The van der Waals surface area contributed by atoms with Crippen LogP contribution < -0.4 is 10.6 Å². The van der Waals surface area contributed by atoms with Crippen molar-refractivity contribution in [2.24, 2.45) is 5.92 Å². The highest BCUT2D eigenvalue weighted by molar-refractivity contribution is 5.80. The largest absolute Gasteiger partial charge is 0.481 e. The number of amides is 2. The van der Waals surface area contributed by atoms with Crippen LogP contribution in [0.15, 0.2) is 48.5 Å². The molecule has 0 heterocycles. The van der Waals surface area contributed by atoms with Gasteiger partial charge in [-0.1, -0.05) is 68.8 Å². The minimum atomic E-state index is -0.931. The Labute approximate surface area is 194 Å². The van der Waals surface area contributed by atoms with Crippen molar-refractivity contribution in [1.82, 2.24) is 10.6 Å². The maximum absolute atomic E-state index is 12.5. The first-order valence-corrected chi connectivity index (χ1v) is 11.6. The summed E-state index contributed by atoms with van der Waals surface area (Å²) in [6, 6.07) is 15.9. The van der Waals surface area contributed by atoms with Gasteiger partial charge in [0.05, 0.1) is 5.92 Å². The van der Waals surface area contributed by atoms with Crippen LogP contribution in [-0.4, -0.2) is 42.3 Å². The Morgan fingerprint density at radius 3 is 2.15 bits per heavy atom. The highest BCUT2D eigenvalue weighted by atomic mass is 16.5. The molecule has 0 spiro atoms. The van der Waals surface area contributed by atoms with Crippen molar-refractivity contribution >= 4 is 18.0 Å². The van der Waals surface area contributed by atoms with Crippen LogP contribution in [0.25, 0.3) is 11.1 Å². The maximum Gasteiger partial charge on any atom is 0.407 e. The quantitative estimate of drug-likeness (QED) is 0.471. The van der Waals surface area contributed by atoms with Crippen LogP contribution in [0.4, 0.5) is 4.79 Å². The van der Waals surface area contributed by atoms with Gasteiger partial charge in [0.25, 0.3) is 0 Å². The number of nitrogens with one attached hydrogen (secondary N) is 2. The fraction of sp³-hybridized carbons (Fsp3) is 0.423. The Hall–Kier alpha value is -3.35. The van der Waals surface area contributed by atoms with E-state index in [1.54, 1.807) is 6.92 Å². The number of fused-ring (bicyclic) bond motifs is 3. The lowest BCUT2D eigenvalue weighted by Gasteiger charge is -2.20. The van der Waals surface area contributed by atoms with Gasteiger partial charge in [-0.05, 0) is 35.1 Å². The van der Waals surface area contributed by atoms with E-state index in [0.717, 1.165) is 28.7 Å². The molecule has 0 bridgehead atoms.